The SMILES string of the molecule is CC(C)NC(=O)C(=O)Nc1c(F)cccc1F. The second-order valence-electron chi connectivity index (χ2n) is 3.68. The van der Waals surface area contributed by atoms with E-state index in [1.54, 1.807) is 13.8 Å². The van der Waals surface area contributed by atoms with Crippen LogP contribution >= 0.6 is 0 Å². The molecule has 0 aliphatic rings. The average Bonchev–Trinajstić information content (AvgIpc) is 2.22. The topological polar surface area (TPSA) is 58.2 Å². The molecule has 0 saturated carbocycles. The first-order chi connectivity index (χ1) is 7.91. The van der Waals surface area contributed by atoms with E-state index in [1.165, 1.54) is 0 Å². The predicted molar refractivity (Wildman–Crippen MR) is 58.3 cm³/mol. The molecule has 0 radical (unpaired) electrons. The lowest BCUT2D eigenvalue weighted by molar-refractivity contribution is -0.136. The molecule has 0 aliphatic heterocycles. The van der Waals surface area contributed by atoms with E-state index in [0.717, 1.165) is 18.2 Å². The van der Waals surface area contributed by atoms with Gasteiger partial charge in [-0.25, -0.2) is 8.78 Å². The zero-order valence-corrected chi connectivity index (χ0v) is 9.38. The second kappa shape index (κ2) is 5.38. The summed E-state index contributed by atoms with van der Waals surface area (Å²) in [7, 11) is 0. The number of carbonyl (C=O) groups excluding carboxylic acids is 2. The number of hydrogen-bond donors (Lipinski definition) is 2. The Morgan fingerprint density at radius 2 is 1.65 bits per heavy atom. The highest BCUT2D eigenvalue weighted by atomic mass is 19.1. The fourth-order valence-corrected chi connectivity index (χ4v) is 1.12. The van der Waals surface area contributed by atoms with Crippen molar-refractivity contribution in [2.45, 2.75) is 19.9 Å². The summed E-state index contributed by atoms with van der Waals surface area (Å²) in [5, 5.41) is 4.19. The maximum Gasteiger partial charge on any atom is 0.313 e. The monoisotopic (exact) mass is 242 g/mol. The Balaban J connectivity index is 2.78. The minimum absolute atomic E-state index is 0.237. The zero-order chi connectivity index (χ0) is 13.0. The summed E-state index contributed by atoms with van der Waals surface area (Å²) in [5.74, 6) is -3.92. The third-order valence-corrected chi connectivity index (χ3v) is 1.83. The minimum Gasteiger partial charge on any atom is -0.346 e. The molecule has 92 valence electrons. The molecule has 0 spiro atoms. The van der Waals surface area contributed by atoms with Gasteiger partial charge < -0.3 is 10.6 Å². The van der Waals surface area contributed by atoms with E-state index in [1.807, 2.05) is 5.32 Å². The summed E-state index contributed by atoms with van der Waals surface area (Å²) in [4.78, 5) is 22.5. The number of para-hydroxylation sites is 1. The second-order valence-corrected chi connectivity index (χ2v) is 3.68. The number of nitrogens with one attached hydrogen (secondary N) is 2. The number of carbonyl (C=O) groups is 2. The average molecular weight is 242 g/mol. The van der Waals surface area contributed by atoms with Gasteiger partial charge in [0.1, 0.15) is 17.3 Å². The van der Waals surface area contributed by atoms with Crippen molar-refractivity contribution >= 4 is 17.5 Å². The van der Waals surface area contributed by atoms with E-state index in [0.29, 0.717) is 0 Å². The van der Waals surface area contributed by atoms with Crippen LogP contribution in [0.5, 0.6) is 0 Å². The van der Waals surface area contributed by atoms with Crippen LogP contribution in [-0.4, -0.2) is 17.9 Å². The van der Waals surface area contributed by atoms with E-state index in [2.05, 4.69) is 5.32 Å². The quantitative estimate of drug-likeness (QED) is 0.771. The standard InChI is InChI=1S/C11H12F2N2O2/c1-6(2)14-10(16)11(17)15-9-7(12)4-3-5-8(9)13/h3-6H,1-2H3,(H,14,16)(H,15,17). The van der Waals surface area contributed by atoms with Crippen molar-refractivity contribution in [3.8, 4) is 0 Å². The Hall–Kier alpha value is -1.98. The Bertz CT molecular complexity index is 427. The smallest absolute Gasteiger partial charge is 0.313 e. The summed E-state index contributed by atoms with van der Waals surface area (Å²) in [6.45, 7) is 3.32. The van der Waals surface area contributed by atoms with E-state index in [9.17, 15) is 18.4 Å². The molecule has 2 amide bonds. The lowest BCUT2D eigenvalue weighted by Crippen LogP contribution is -2.39. The molecule has 17 heavy (non-hydrogen) atoms. The van der Waals surface area contributed by atoms with Crippen LogP contribution in [0.2, 0.25) is 0 Å². The van der Waals surface area contributed by atoms with Gasteiger partial charge in [0.15, 0.2) is 0 Å². The van der Waals surface area contributed by atoms with Gasteiger partial charge in [0.2, 0.25) is 0 Å². The largest absolute Gasteiger partial charge is 0.346 e. The highest BCUT2D eigenvalue weighted by Gasteiger charge is 2.18. The zero-order valence-electron chi connectivity index (χ0n) is 9.38. The van der Waals surface area contributed by atoms with Crippen LogP contribution < -0.4 is 10.6 Å². The first-order valence-electron chi connectivity index (χ1n) is 4.97. The van der Waals surface area contributed by atoms with E-state index in [4.69, 9.17) is 0 Å². The summed E-state index contributed by atoms with van der Waals surface area (Å²) in [6.07, 6.45) is 0. The van der Waals surface area contributed by atoms with Crippen molar-refractivity contribution < 1.29 is 18.4 Å². The summed E-state index contributed by atoms with van der Waals surface area (Å²) < 4.78 is 26.3. The lowest BCUT2D eigenvalue weighted by Gasteiger charge is -2.09. The number of halogens is 2. The van der Waals surface area contributed by atoms with Gasteiger partial charge in [-0.1, -0.05) is 6.07 Å². The maximum atomic E-state index is 13.2. The van der Waals surface area contributed by atoms with Gasteiger partial charge in [0, 0.05) is 6.04 Å². The van der Waals surface area contributed by atoms with Crippen LogP contribution in [-0.2, 0) is 9.59 Å². The van der Waals surface area contributed by atoms with E-state index < -0.39 is 29.1 Å². The normalized spacial score (nSPS) is 10.2. The minimum atomic E-state index is -1.11. The van der Waals surface area contributed by atoms with Crippen molar-refractivity contribution in [3.63, 3.8) is 0 Å². The molecule has 0 bridgehead atoms. The fourth-order valence-electron chi connectivity index (χ4n) is 1.12. The van der Waals surface area contributed by atoms with Crippen LogP contribution in [0.1, 0.15) is 13.8 Å². The third-order valence-electron chi connectivity index (χ3n) is 1.83. The highest BCUT2D eigenvalue weighted by molar-refractivity contribution is 6.39. The molecule has 2 N–H and O–H groups in total. The first-order valence-corrected chi connectivity index (χ1v) is 4.97. The lowest BCUT2D eigenvalue weighted by atomic mass is 10.3. The van der Waals surface area contributed by atoms with Crippen LogP contribution in [0, 0.1) is 11.6 Å². The van der Waals surface area contributed by atoms with Gasteiger partial charge in [0.25, 0.3) is 0 Å². The number of benzene rings is 1. The molecular formula is C11H12F2N2O2. The molecule has 0 atom stereocenters. The molecule has 4 nitrogen and oxygen atoms in total. The summed E-state index contributed by atoms with van der Waals surface area (Å²) in [6, 6.07) is 2.89. The fraction of sp³-hybridized carbons (Fsp3) is 0.273. The van der Waals surface area contributed by atoms with Crippen molar-refractivity contribution in [3.05, 3.63) is 29.8 Å². The van der Waals surface area contributed by atoms with Gasteiger partial charge >= 0.3 is 11.8 Å². The molecule has 0 heterocycles. The molecule has 0 aromatic heterocycles. The first kappa shape index (κ1) is 13.1. The molecule has 1 rings (SSSR count). The Morgan fingerprint density at radius 1 is 1.12 bits per heavy atom. The molecular weight excluding hydrogens is 230 g/mol. The number of amides is 2. The summed E-state index contributed by atoms with van der Waals surface area (Å²) in [5.41, 5.74) is -0.628. The Kier molecular flexibility index (Phi) is 4.14. The van der Waals surface area contributed by atoms with Crippen LogP contribution in [0.3, 0.4) is 0 Å². The van der Waals surface area contributed by atoms with Gasteiger partial charge in [-0.2, -0.15) is 0 Å². The van der Waals surface area contributed by atoms with Crippen LogP contribution in [0.15, 0.2) is 18.2 Å². The van der Waals surface area contributed by atoms with Crippen molar-refractivity contribution in [1.29, 1.82) is 0 Å². The van der Waals surface area contributed by atoms with Crippen LogP contribution in [0.4, 0.5) is 14.5 Å². The molecule has 0 unspecified atom stereocenters. The molecule has 0 fully saturated rings. The predicted octanol–water partition coefficient (Wildman–Crippen LogP) is 1.43. The van der Waals surface area contributed by atoms with Gasteiger partial charge in [0.05, 0.1) is 0 Å². The maximum absolute atomic E-state index is 13.2. The summed E-state index contributed by atoms with van der Waals surface area (Å²) >= 11 is 0. The van der Waals surface area contributed by atoms with E-state index in [-0.39, 0.29) is 6.04 Å². The molecule has 6 heteroatoms. The number of rotatable bonds is 2. The Morgan fingerprint density at radius 3 is 2.12 bits per heavy atom. The number of hydrogen-bond acceptors (Lipinski definition) is 2. The van der Waals surface area contributed by atoms with Gasteiger partial charge in [-0.15, -0.1) is 0 Å². The number of anilines is 1. The van der Waals surface area contributed by atoms with Crippen LogP contribution in [0.25, 0.3) is 0 Å². The van der Waals surface area contributed by atoms with Crippen molar-refractivity contribution in [1.82, 2.24) is 5.32 Å². The third kappa shape index (κ3) is 3.51. The molecule has 1 aromatic carbocycles. The molecule has 1 aromatic rings. The highest BCUT2D eigenvalue weighted by Crippen LogP contribution is 2.17. The van der Waals surface area contributed by atoms with E-state index >= 15 is 0 Å². The van der Waals surface area contributed by atoms with Crippen molar-refractivity contribution in [2.75, 3.05) is 5.32 Å². The Labute approximate surface area is 97.0 Å². The molecule has 0 saturated heterocycles. The molecule has 0 aliphatic carbocycles. The van der Waals surface area contributed by atoms with Crippen molar-refractivity contribution in [2.24, 2.45) is 0 Å². The van der Waals surface area contributed by atoms with Gasteiger partial charge in [-0.3, -0.25) is 9.59 Å². The van der Waals surface area contributed by atoms with Gasteiger partial charge in [-0.05, 0) is 26.0 Å².